The van der Waals surface area contributed by atoms with E-state index in [1.807, 2.05) is 0 Å². The smallest absolute Gasteiger partial charge is 0.415 e. The Balaban J connectivity index is 1.39. The molecule has 0 unspecified atom stereocenters. The van der Waals surface area contributed by atoms with Crippen LogP contribution in [0.3, 0.4) is 0 Å². The molecule has 11 nitrogen and oxygen atoms in total. The van der Waals surface area contributed by atoms with Crippen LogP contribution in [-0.2, 0) is 20.2 Å². The van der Waals surface area contributed by atoms with E-state index < -0.39 is 13.7 Å². The molecule has 1 saturated heterocycles. The molecule has 5 rings (SSSR count). The molecule has 0 radical (unpaired) electrons. The summed E-state index contributed by atoms with van der Waals surface area (Å²) in [6, 6.07) is 9.19. The van der Waals surface area contributed by atoms with Crippen LogP contribution in [0.15, 0.2) is 48.8 Å². The number of halogens is 1. The zero-order valence-electron chi connectivity index (χ0n) is 22.1. The average Bonchev–Trinajstić information content (AvgIpc) is 3.30. The number of phenols is 1. The quantitative estimate of drug-likeness (QED) is 0.296. The van der Waals surface area contributed by atoms with Gasteiger partial charge in [-0.2, -0.15) is 0 Å². The van der Waals surface area contributed by atoms with Crippen LogP contribution in [0.2, 0.25) is 0 Å². The lowest BCUT2D eigenvalue weighted by atomic mass is 10.1. The number of amides is 1. The van der Waals surface area contributed by atoms with E-state index in [1.54, 1.807) is 35.4 Å². The van der Waals surface area contributed by atoms with Crippen LogP contribution >= 0.6 is 7.60 Å². The minimum absolute atomic E-state index is 0.0987. The van der Waals surface area contributed by atoms with Crippen molar-refractivity contribution in [1.29, 1.82) is 0 Å². The number of ether oxygens (including phenoxy) is 1. The summed E-state index contributed by atoms with van der Waals surface area (Å²) in [6.07, 6.45) is 2.75. The first-order valence-electron chi connectivity index (χ1n) is 12.7. The van der Waals surface area contributed by atoms with Gasteiger partial charge in [-0.15, -0.1) is 0 Å². The Kier molecular flexibility index (Phi) is 7.95. The number of fused-ring (bicyclic) bond motifs is 2. The highest BCUT2D eigenvalue weighted by atomic mass is 31.2. The van der Waals surface area contributed by atoms with E-state index in [1.165, 1.54) is 37.1 Å². The number of carbonyl (C=O) groups excluding carboxylic acids is 1. The van der Waals surface area contributed by atoms with Gasteiger partial charge >= 0.3 is 13.7 Å². The van der Waals surface area contributed by atoms with Gasteiger partial charge in [-0.05, 0) is 29.8 Å². The molecule has 4 aromatic rings. The largest absolute Gasteiger partial charge is 0.505 e. The highest BCUT2D eigenvalue weighted by Crippen LogP contribution is 2.47. The molecular formula is C27H30FN4O7P. The Labute approximate surface area is 229 Å². The van der Waals surface area contributed by atoms with Gasteiger partial charge in [0.05, 0.1) is 23.5 Å². The number of aromatic hydroxyl groups is 2. The Hall–Kier alpha value is -3.70. The van der Waals surface area contributed by atoms with Crippen molar-refractivity contribution in [2.24, 2.45) is 0 Å². The van der Waals surface area contributed by atoms with Gasteiger partial charge in [0.2, 0.25) is 5.88 Å². The Morgan fingerprint density at radius 3 is 2.42 bits per heavy atom. The summed E-state index contributed by atoms with van der Waals surface area (Å²) in [5.41, 5.74) is 0.904. The molecule has 0 spiro atoms. The highest BCUT2D eigenvalue weighted by molar-refractivity contribution is 7.53. The zero-order valence-corrected chi connectivity index (χ0v) is 23.0. The van der Waals surface area contributed by atoms with Crippen LogP contribution in [0.4, 0.5) is 9.18 Å². The molecule has 3 heterocycles. The van der Waals surface area contributed by atoms with Gasteiger partial charge < -0.3 is 33.5 Å². The number of piperazine rings is 1. The summed E-state index contributed by atoms with van der Waals surface area (Å²) in [6.45, 7) is 2.56. The van der Waals surface area contributed by atoms with Crippen LogP contribution in [0, 0.1) is 5.82 Å². The molecule has 1 aliphatic heterocycles. The van der Waals surface area contributed by atoms with E-state index in [0.29, 0.717) is 43.5 Å². The molecule has 0 saturated carbocycles. The third-order valence-corrected chi connectivity index (χ3v) is 9.00. The molecule has 0 aliphatic carbocycles. The lowest BCUT2D eigenvalue weighted by molar-refractivity contribution is 0.113. The van der Waals surface area contributed by atoms with Gasteiger partial charge in [-0.3, -0.25) is 14.4 Å². The van der Waals surface area contributed by atoms with Crippen molar-refractivity contribution in [3.05, 3.63) is 60.2 Å². The van der Waals surface area contributed by atoms with Crippen molar-refractivity contribution < 1.29 is 37.7 Å². The van der Waals surface area contributed by atoms with E-state index in [-0.39, 0.29) is 46.8 Å². The van der Waals surface area contributed by atoms with E-state index in [2.05, 4.69) is 9.88 Å². The Morgan fingerprint density at radius 1 is 1.05 bits per heavy atom. The molecule has 1 amide bonds. The van der Waals surface area contributed by atoms with E-state index in [4.69, 9.17) is 13.8 Å². The second-order valence-corrected chi connectivity index (χ2v) is 11.9. The molecule has 1 aliphatic rings. The van der Waals surface area contributed by atoms with Crippen LogP contribution in [0.25, 0.3) is 21.7 Å². The molecule has 2 aromatic heterocycles. The molecule has 13 heteroatoms. The molecule has 2 aromatic carbocycles. The lowest BCUT2D eigenvalue weighted by Crippen LogP contribution is -2.50. The number of rotatable bonds is 8. The molecular weight excluding hydrogens is 542 g/mol. The van der Waals surface area contributed by atoms with Crippen LogP contribution in [-0.4, -0.2) is 88.8 Å². The first-order valence-corrected chi connectivity index (χ1v) is 14.4. The summed E-state index contributed by atoms with van der Waals surface area (Å²) in [7, 11) is -0.407. The summed E-state index contributed by atoms with van der Waals surface area (Å²) < 4.78 is 43.1. The number of benzene rings is 2. The summed E-state index contributed by atoms with van der Waals surface area (Å²) in [5.74, 6) is -0.684. The zero-order chi connectivity index (χ0) is 28.4. The molecule has 40 heavy (non-hydrogen) atoms. The number of pyridine rings is 1. The maximum atomic E-state index is 13.4. The van der Waals surface area contributed by atoms with Gasteiger partial charge in [0.25, 0.3) is 0 Å². The van der Waals surface area contributed by atoms with Crippen molar-refractivity contribution in [2.75, 3.05) is 53.1 Å². The fourth-order valence-electron chi connectivity index (χ4n) is 4.84. The van der Waals surface area contributed by atoms with Crippen LogP contribution < -0.4 is 4.74 Å². The second kappa shape index (κ2) is 11.4. The number of hydrogen-bond donors (Lipinski definition) is 2. The van der Waals surface area contributed by atoms with Crippen molar-refractivity contribution >= 4 is 35.4 Å². The maximum absolute atomic E-state index is 13.4. The van der Waals surface area contributed by atoms with Crippen molar-refractivity contribution in [3.63, 3.8) is 0 Å². The highest BCUT2D eigenvalue weighted by Gasteiger charge is 2.29. The monoisotopic (exact) mass is 572 g/mol. The van der Waals surface area contributed by atoms with Gasteiger partial charge in [0, 0.05) is 64.7 Å². The minimum atomic E-state index is -3.12. The fourth-order valence-corrected chi connectivity index (χ4v) is 5.88. The molecule has 212 valence electrons. The molecule has 0 bridgehead atoms. The summed E-state index contributed by atoms with van der Waals surface area (Å²) >= 11 is 0. The third kappa shape index (κ3) is 5.48. The molecule has 1 fully saturated rings. The predicted molar refractivity (Wildman–Crippen MR) is 147 cm³/mol. The standard InChI is InChI=1S/C27H30FN4O7P/c1-37-40(36,38-2)15-14-30-10-12-31(13-11-30)27(35)39-25-20-4-3-9-29-23(20)24(33)22-21(25)17-32(26(22)34)16-18-5-7-19(28)8-6-18/h3-9,17,33-34H,10-16H2,1-2H3. The topological polar surface area (TPSA) is 127 Å². The Bertz CT molecular complexity index is 1580. The first-order chi connectivity index (χ1) is 19.2. The van der Waals surface area contributed by atoms with Crippen molar-refractivity contribution in [2.45, 2.75) is 6.54 Å². The second-order valence-electron chi connectivity index (χ2n) is 9.47. The summed E-state index contributed by atoms with van der Waals surface area (Å²) in [4.78, 5) is 21.2. The van der Waals surface area contributed by atoms with Crippen LogP contribution in [0.5, 0.6) is 17.4 Å². The van der Waals surface area contributed by atoms with Crippen LogP contribution in [0.1, 0.15) is 5.56 Å². The van der Waals surface area contributed by atoms with Crippen molar-refractivity contribution in [1.82, 2.24) is 19.4 Å². The minimum Gasteiger partial charge on any atom is -0.505 e. The number of carbonyl (C=O) groups is 1. The van der Waals surface area contributed by atoms with E-state index in [9.17, 15) is 24.0 Å². The van der Waals surface area contributed by atoms with Gasteiger partial charge in [-0.1, -0.05) is 12.1 Å². The predicted octanol–water partition coefficient (Wildman–Crippen LogP) is 4.39. The molecule has 2 N–H and O–H groups in total. The van der Waals surface area contributed by atoms with Gasteiger partial charge in [0.15, 0.2) is 11.5 Å². The van der Waals surface area contributed by atoms with E-state index in [0.717, 1.165) is 5.56 Å². The number of aromatic nitrogens is 2. The summed E-state index contributed by atoms with van der Waals surface area (Å²) in [5, 5.41) is 22.9. The maximum Gasteiger partial charge on any atom is 0.415 e. The number of nitrogens with zero attached hydrogens (tertiary/aromatic N) is 4. The third-order valence-electron chi connectivity index (χ3n) is 7.14. The number of phenolic OH excluding ortho intramolecular Hbond substituents is 1. The van der Waals surface area contributed by atoms with E-state index >= 15 is 0 Å². The normalized spacial score (nSPS) is 14.7. The van der Waals surface area contributed by atoms with Crippen molar-refractivity contribution in [3.8, 4) is 17.4 Å². The van der Waals surface area contributed by atoms with Gasteiger partial charge in [-0.25, -0.2) is 9.18 Å². The molecule has 0 atom stereocenters. The van der Waals surface area contributed by atoms with Gasteiger partial charge in [0.1, 0.15) is 11.3 Å². The first kappa shape index (κ1) is 27.9. The lowest BCUT2D eigenvalue weighted by Gasteiger charge is -2.34. The Morgan fingerprint density at radius 2 is 1.75 bits per heavy atom. The SMILES string of the molecule is COP(=O)(CCN1CCN(C(=O)Oc2c3cccnc3c(O)c3c(O)n(Cc4ccc(F)cc4)cc23)CC1)OC. The average molecular weight is 573 g/mol. The fraction of sp³-hybridized carbons (Fsp3) is 0.333. The number of hydrogen-bond acceptors (Lipinski definition) is 9.